The average molecular weight is 283 g/mol. The van der Waals surface area contributed by atoms with Crippen molar-refractivity contribution < 1.29 is 4.74 Å². The van der Waals surface area contributed by atoms with Crippen molar-refractivity contribution in [2.24, 2.45) is 0 Å². The number of hydrogen-bond acceptors (Lipinski definition) is 3. The molecule has 0 aromatic heterocycles. The van der Waals surface area contributed by atoms with Crippen LogP contribution in [-0.2, 0) is 11.3 Å². The first-order valence-electron chi connectivity index (χ1n) is 6.97. The first-order valence-corrected chi connectivity index (χ1v) is 7.34. The smallest absolute Gasteiger partial charge is 0.0723 e. The van der Waals surface area contributed by atoms with Crippen LogP contribution in [0.1, 0.15) is 25.8 Å². The number of morpholine rings is 1. The van der Waals surface area contributed by atoms with Gasteiger partial charge in [-0.05, 0) is 38.1 Å². The van der Waals surface area contributed by atoms with E-state index in [4.69, 9.17) is 16.3 Å². The molecule has 4 heteroatoms. The second kappa shape index (κ2) is 6.60. The molecule has 2 atom stereocenters. The van der Waals surface area contributed by atoms with Gasteiger partial charge in [0.25, 0.3) is 0 Å². The van der Waals surface area contributed by atoms with E-state index in [-0.39, 0.29) is 6.10 Å². The molecule has 0 aliphatic carbocycles. The van der Waals surface area contributed by atoms with Gasteiger partial charge in [-0.3, -0.25) is 0 Å². The fourth-order valence-corrected chi connectivity index (χ4v) is 2.79. The molecule has 1 aromatic carbocycles. The summed E-state index contributed by atoms with van der Waals surface area (Å²) in [5.74, 6) is 0. The van der Waals surface area contributed by atoms with Gasteiger partial charge in [0, 0.05) is 23.8 Å². The van der Waals surface area contributed by atoms with Crippen molar-refractivity contribution in [1.82, 2.24) is 5.32 Å². The number of rotatable bonds is 4. The zero-order chi connectivity index (χ0) is 13.8. The summed E-state index contributed by atoms with van der Waals surface area (Å²) in [6.45, 7) is 6.91. The topological polar surface area (TPSA) is 24.5 Å². The van der Waals surface area contributed by atoms with Gasteiger partial charge >= 0.3 is 0 Å². The fraction of sp³-hybridized carbons (Fsp3) is 0.600. The van der Waals surface area contributed by atoms with E-state index in [1.54, 1.807) is 0 Å². The van der Waals surface area contributed by atoms with Gasteiger partial charge in [0.05, 0.1) is 18.8 Å². The van der Waals surface area contributed by atoms with Gasteiger partial charge in [0.15, 0.2) is 0 Å². The molecule has 1 aliphatic heterocycles. The summed E-state index contributed by atoms with van der Waals surface area (Å²) in [6, 6.07) is 6.59. The molecule has 0 amide bonds. The van der Waals surface area contributed by atoms with Crippen molar-refractivity contribution in [2.75, 3.05) is 25.1 Å². The third kappa shape index (κ3) is 3.41. The molecule has 2 rings (SSSR count). The number of hydrogen-bond donors (Lipinski definition) is 1. The Labute approximate surface area is 120 Å². The Bertz CT molecular complexity index is 425. The van der Waals surface area contributed by atoms with Gasteiger partial charge in [-0.15, -0.1) is 0 Å². The third-order valence-corrected chi connectivity index (χ3v) is 3.90. The lowest BCUT2D eigenvalue weighted by Gasteiger charge is -2.41. The summed E-state index contributed by atoms with van der Waals surface area (Å²) >= 11 is 6.19. The van der Waals surface area contributed by atoms with Gasteiger partial charge < -0.3 is 15.0 Å². The van der Waals surface area contributed by atoms with Crippen LogP contribution in [0.5, 0.6) is 0 Å². The summed E-state index contributed by atoms with van der Waals surface area (Å²) in [7, 11) is 1.97. The molecule has 1 saturated heterocycles. The number of nitrogens with one attached hydrogen (secondary N) is 1. The van der Waals surface area contributed by atoms with Crippen LogP contribution < -0.4 is 10.2 Å². The first-order chi connectivity index (χ1) is 9.15. The highest BCUT2D eigenvalue weighted by Gasteiger charge is 2.27. The van der Waals surface area contributed by atoms with E-state index in [1.807, 2.05) is 13.1 Å². The molecule has 3 nitrogen and oxygen atoms in total. The first kappa shape index (κ1) is 14.6. The van der Waals surface area contributed by atoms with Gasteiger partial charge in [0.1, 0.15) is 0 Å². The van der Waals surface area contributed by atoms with Crippen molar-refractivity contribution in [1.29, 1.82) is 0 Å². The highest BCUT2D eigenvalue weighted by molar-refractivity contribution is 6.30. The molecule has 0 saturated carbocycles. The van der Waals surface area contributed by atoms with Crippen molar-refractivity contribution >= 4 is 17.3 Å². The minimum Gasteiger partial charge on any atom is -0.375 e. The highest BCUT2D eigenvalue weighted by atomic mass is 35.5. The minimum atomic E-state index is 0.268. The molecule has 0 bridgehead atoms. The molecular weight excluding hydrogens is 260 g/mol. The Balaban J connectivity index is 2.33. The number of benzene rings is 1. The summed E-state index contributed by atoms with van der Waals surface area (Å²) in [6.07, 6.45) is 1.35. The maximum atomic E-state index is 6.19. The van der Waals surface area contributed by atoms with Crippen LogP contribution in [0.15, 0.2) is 18.2 Å². The van der Waals surface area contributed by atoms with Crippen LogP contribution in [0, 0.1) is 0 Å². The Kier molecular flexibility index (Phi) is 5.08. The molecule has 1 fully saturated rings. The summed E-state index contributed by atoms with van der Waals surface area (Å²) in [5, 5.41) is 4.02. The second-order valence-corrected chi connectivity index (χ2v) is 5.60. The maximum Gasteiger partial charge on any atom is 0.0723 e. The van der Waals surface area contributed by atoms with E-state index in [1.165, 1.54) is 11.3 Å². The molecule has 1 aliphatic rings. The number of anilines is 1. The summed E-state index contributed by atoms with van der Waals surface area (Å²) in [5.41, 5.74) is 2.53. The number of ether oxygens (including phenoxy) is 1. The summed E-state index contributed by atoms with van der Waals surface area (Å²) < 4.78 is 5.77. The molecular formula is C15H23ClN2O. The predicted molar refractivity (Wildman–Crippen MR) is 81.1 cm³/mol. The fourth-order valence-electron chi connectivity index (χ4n) is 2.62. The van der Waals surface area contributed by atoms with Crippen LogP contribution in [0.25, 0.3) is 0 Å². The Hall–Kier alpha value is -0.770. The zero-order valence-corrected chi connectivity index (χ0v) is 12.7. The van der Waals surface area contributed by atoms with Crippen LogP contribution in [-0.4, -0.2) is 32.3 Å². The van der Waals surface area contributed by atoms with Crippen molar-refractivity contribution in [3.8, 4) is 0 Å². The normalized spacial score (nSPS) is 23.7. The SMILES string of the molecule is CCC1COC(C)CN1c1cc(Cl)ccc1CNC. The van der Waals surface area contributed by atoms with E-state index in [0.29, 0.717) is 6.04 Å². The lowest BCUT2D eigenvalue weighted by molar-refractivity contribution is 0.0299. The van der Waals surface area contributed by atoms with E-state index in [9.17, 15) is 0 Å². The Morgan fingerprint density at radius 3 is 2.95 bits per heavy atom. The maximum absolute atomic E-state index is 6.19. The average Bonchev–Trinajstić information content (AvgIpc) is 2.41. The van der Waals surface area contributed by atoms with Crippen molar-refractivity contribution in [3.05, 3.63) is 28.8 Å². The molecule has 19 heavy (non-hydrogen) atoms. The monoisotopic (exact) mass is 282 g/mol. The number of nitrogens with zero attached hydrogens (tertiary/aromatic N) is 1. The van der Waals surface area contributed by atoms with Gasteiger partial charge in [-0.25, -0.2) is 0 Å². The van der Waals surface area contributed by atoms with Crippen molar-refractivity contribution in [3.63, 3.8) is 0 Å². The van der Waals surface area contributed by atoms with E-state index in [0.717, 1.165) is 31.1 Å². The van der Waals surface area contributed by atoms with Crippen LogP contribution >= 0.6 is 11.6 Å². The van der Waals surface area contributed by atoms with Crippen LogP contribution in [0.3, 0.4) is 0 Å². The third-order valence-electron chi connectivity index (χ3n) is 3.66. The van der Waals surface area contributed by atoms with Gasteiger partial charge in [-0.2, -0.15) is 0 Å². The molecule has 0 radical (unpaired) electrons. The van der Waals surface area contributed by atoms with Crippen LogP contribution in [0.4, 0.5) is 5.69 Å². The van der Waals surface area contributed by atoms with Gasteiger partial charge in [-0.1, -0.05) is 24.6 Å². The zero-order valence-electron chi connectivity index (χ0n) is 11.9. The second-order valence-electron chi connectivity index (χ2n) is 5.16. The molecule has 106 valence electrons. The largest absolute Gasteiger partial charge is 0.375 e. The standard InChI is InChI=1S/C15H23ClN2O/c1-4-14-10-19-11(2)9-18(14)15-7-13(16)6-5-12(15)8-17-3/h5-7,11,14,17H,4,8-10H2,1-3H3. The summed E-state index contributed by atoms with van der Waals surface area (Å²) in [4.78, 5) is 2.45. The lowest BCUT2D eigenvalue weighted by atomic mass is 10.1. The van der Waals surface area contributed by atoms with Crippen molar-refractivity contribution in [2.45, 2.75) is 39.0 Å². The molecule has 1 heterocycles. The Morgan fingerprint density at radius 1 is 1.47 bits per heavy atom. The molecule has 2 unspecified atom stereocenters. The quantitative estimate of drug-likeness (QED) is 0.919. The molecule has 1 N–H and O–H groups in total. The molecule has 1 aromatic rings. The van der Waals surface area contributed by atoms with E-state index >= 15 is 0 Å². The minimum absolute atomic E-state index is 0.268. The Morgan fingerprint density at radius 2 is 2.26 bits per heavy atom. The lowest BCUT2D eigenvalue weighted by Crippen LogP contribution is -2.49. The molecule has 0 spiro atoms. The van der Waals surface area contributed by atoms with Gasteiger partial charge in [0.2, 0.25) is 0 Å². The van der Waals surface area contributed by atoms with Crippen LogP contribution in [0.2, 0.25) is 5.02 Å². The van der Waals surface area contributed by atoms with E-state index in [2.05, 4.69) is 36.2 Å². The highest BCUT2D eigenvalue weighted by Crippen LogP contribution is 2.29. The predicted octanol–water partition coefficient (Wildman–Crippen LogP) is 3.06. The number of halogens is 1. The van der Waals surface area contributed by atoms with E-state index < -0.39 is 0 Å².